The van der Waals surface area contributed by atoms with Crippen molar-refractivity contribution in [2.45, 2.75) is 56.0 Å². The molecule has 0 spiro atoms. The van der Waals surface area contributed by atoms with Gasteiger partial charge in [-0.1, -0.05) is 13.8 Å². The Morgan fingerprint density at radius 2 is 1.87 bits per heavy atom. The first-order chi connectivity index (χ1) is 22.6. The first-order valence-corrected chi connectivity index (χ1v) is 16.7. The number of benzene rings is 1. The lowest BCUT2D eigenvalue weighted by Crippen LogP contribution is -2.53. The minimum absolute atomic E-state index is 0.0776. The fourth-order valence-electron chi connectivity index (χ4n) is 6.11. The Bertz CT molecular complexity index is 1710. The maximum Gasteiger partial charge on any atom is 0.387 e. The van der Waals surface area contributed by atoms with Crippen LogP contribution in [0.1, 0.15) is 37.0 Å². The number of hydrogen-bond donors (Lipinski definition) is 1. The molecule has 2 aliphatic heterocycles. The summed E-state index contributed by atoms with van der Waals surface area (Å²) in [5.74, 6) is -0.710. The lowest BCUT2D eigenvalue weighted by molar-refractivity contribution is -0.133. The molecule has 1 aromatic carbocycles. The van der Waals surface area contributed by atoms with Gasteiger partial charge in [-0.05, 0) is 44.2 Å². The van der Waals surface area contributed by atoms with Crippen LogP contribution in [0.2, 0.25) is 0 Å². The summed E-state index contributed by atoms with van der Waals surface area (Å²) in [6.07, 6.45) is 8.00. The summed E-state index contributed by atoms with van der Waals surface area (Å²) in [7, 11) is 2.14. The number of nitrogens with zero attached hydrogens (tertiary/aromatic N) is 8. The number of carbonyl (C=O) groups excluding carboxylic acids is 2. The number of amides is 2. The predicted octanol–water partition coefficient (Wildman–Crippen LogP) is 4.19. The Labute approximate surface area is 276 Å². The topological polar surface area (TPSA) is 113 Å². The van der Waals surface area contributed by atoms with Crippen molar-refractivity contribution in [3.63, 3.8) is 0 Å². The Balaban J connectivity index is 1.27. The summed E-state index contributed by atoms with van der Waals surface area (Å²) in [5.41, 5.74) is 1.27. The van der Waals surface area contributed by atoms with Crippen LogP contribution in [0, 0.1) is 0 Å². The van der Waals surface area contributed by atoms with E-state index in [2.05, 4.69) is 37.3 Å². The molecule has 2 fully saturated rings. The third kappa shape index (κ3) is 7.74. The summed E-state index contributed by atoms with van der Waals surface area (Å²) >= 11 is 1.55. The number of carbonyl (C=O) groups is 2. The zero-order chi connectivity index (χ0) is 33.1. The normalized spacial score (nSPS) is 16.8. The average molecular weight is 668 g/mol. The zero-order valence-electron chi connectivity index (χ0n) is 26.7. The van der Waals surface area contributed by atoms with Gasteiger partial charge in [0.15, 0.2) is 5.65 Å². The average Bonchev–Trinajstić information content (AvgIpc) is 3.66. The Morgan fingerprint density at radius 1 is 1.11 bits per heavy atom. The van der Waals surface area contributed by atoms with Gasteiger partial charge in [-0.15, -0.1) is 11.8 Å². The van der Waals surface area contributed by atoms with Gasteiger partial charge in [0.2, 0.25) is 5.91 Å². The second kappa shape index (κ2) is 14.4. The van der Waals surface area contributed by atoms with Gasteiger partial charge in [0.1, 0.15) is 23.6 Å². The van der Waals surface area contributed by atoms with Gasteiger partial charge < -0.3 is 19.9 Å². The summed E-state index contributed by atoms with van der Waals surface area (Å²) in [6.45, 7) is 6.39. The quantitative estimate of drug-likeness (QED) is 0.249. The van der Waals surface area contributed by atoms with E-state index in [0.717, 1.165) is 43.9 Å². The summed E-state index contributed by atoms with van der Waals surface area (Å²) < 4.78 is 34.9. The molecule has 0 saturated carbocycles. The van der Waals surface area contributed by atoms with E-state index in [-0.39, 0.29) is 46.0 Å². The number of fused-ring (bicyclic) bond motifs is 1. The fourth-order valence-corrected chi connectivity index (χ4v) is 6.99. The first kappa shape index (κ1) is 32.8. The molecule has 5 heterocycles. The molecule has 0 unspecified atom stereocenters. The number of piperazine rings is 1. The molecule has 0 bridgehead atoms. The first-order valence-electron chi connectivity index (χ1n) is 15.8. The van der Waals surface area contributed by atoms with Gasteiger partial charge >= 0.3 is 6.61 Å². The van der Waals surface area contributed by atoms with Crippen molar-refractivity contribution in [2.24, 2.45) is 0 Å². The zero-order valence-corrected chi connectivity index (χ0v) is 27.5. The molecule has 250 valence electrons. The highest BCUT2D eigenvalue weighted by molar-refractivity contribution is 7.99. The van der Waals surface area contributed by atoms with E-state index in [9.17, 15) is 18.4 Å². The Hall–Kier alpha value is -4.08. The molecule has 47 heavy (non-hydrogen) atoms. The summed E-state index contributed by atoms with van der Waals surface area (Å²) in [4.78, 5) is 38.8. The van der Waals surface area contributed by atoms with E-state index in [1.54, 1.807) is 48.6 Å². The molecule has 3 aromatic heterocycles. The Morgan fingerprint density at radius 3 is 2.60 bits per heavy atom. The van der Waals surface area contributed by atoms with Crippen LogP contribution in [-0.2, 0) is 11.3 Å². The Kier molecular flexibility index (Phi) is 10.0. The van der Waals surface area contributed by atoms with Crippen LogP contribution >= 0.6 is 11.8 Å². The maximum absolute atomic E-state index is 13.5. The molecule has 0 radical (unpaired) electrons. The number of halogens is 2. The highest BCUT2D eigenvalue weighted by atomic mass is 32.2. The molecule has 0 aliphatic carbocycles. The van der Waals surface area contributed by atoms with Crippen LogP contribution < -0.4 is 10.1 Å². The molecular formula is C32H39F2N9O3S. The van der Waals surface area contributed by atoms with Crippen LogP contribution in [-0.4, -0.2) is 115 Å². The third-order valence-corrected chi connectivity index (χ3v) is 9.49. The fraction of sp³-hybridized carbons (Fsp3) is 0.469. The van der Waals surface area contributed by atoms with E-state index < -0.39 is 12.5 Å². The number of nitrogens with one attached hydrogen (secondary N) is 1. The number of aromatic nitrogens is 5. The number of rotatable bonds is 10. The van der Waals surface area contributed by atoms with Gasteiger partial charge in [-0.25, -0.2) is 9.50 Å². The number of likely N-dealkylation sites (N-methyl/N-ethyl adjacent to an activating group) is 1. The smallest absolute Gasteiger partial charge is 0.387 e. The second-order valence-electron chi connectivity index (χ2n) is 12.1. The van der Waals surface area contributed by atoms with Crippen LogP contribution in [0.4, 0.5) is 14.5 Å². The molecule has 2 saturated heterocycles. The molecule has 4 aromatic rings. The monoisotopic (exact) mass is 667 g/mol. The molecule has 0 atom stereocenters. The highest BCUT2D eigenvalue weighted by Gasteiger charge is 2.29. The van der Waals surface area contributed by atoms with E-state index in [4.69, 9.17) is 4.74 Å². The van der Waals surface area contributed by atoms with Crippen molar-refractivity contribution in [1.82, 2.24) is 39.1 Å². The van der Waals surface area contributed by atoms with Crippen molar-refractivity contribution < 1.29 is 23.1 Å². The lowest BCUT2D eigenvalue weighted by Gasteiger charge is -2.42. The lowest BCUT2D eigenvalue weighted by atomic mass is 10.0. The number of hydrogen-bond acceptors (Lipinski definition) is 9. The molecule has 6 rings (SSSR count). The number of alkyl halides is 2. The van der Waals surface area contributed by atoms with E-state index >= 15 is 0 Å². The van der Waals surface area contributed by atoms with Crippen molar-refractivity contribution in [3.05, 3.63) is 54.6 Å². The maximum atomic E-state index is 13.5. The minimum Gasteiger partial charge on any atom is -0.434 e. The van der Waals surface area contributed by atoms with Crippen LogP contribution in [0.5, 0.6) is 5.75 Å². The van der Waals surface area contributed by atoms with E-state index in [0.29, 0.717) is 24.8 Å². The van der Waals surface area contributed by atoms with E-state index in [1.165, 1.54) is 21.5 Å². The van der Waals surface area contributed by atoms with Crippen molar-refractivity contribution in [1.29, 1.82) is 0 Å². The number of likely N-dealkylation sites (tertiary alicyclic amines) is 1. The summed E-state index contributed by atoms with van der Waals surface area (Å²) in [5, 5.41) is 11.9. The SMILES string of the molecule is CC(C)Sc1ccc(OC(F)F)c(-c2nn(CC(=O)N3CCC(N4CCN(C)CC4)CC3)cc2NC(=O)c2cnn3cccnc23)c1. The largest absolute Gasteiger partial charge is 0.434 e. The number of ether oxygens (including phenoxy) is 1. The van der Waals surface area contributed by atoms with Gasteiger partial charge in [-0.2, -0.15) is 19.0 Å². The number of piperidine rings is 1. The molecular weight excluding hydrogens is 628 g/mol. The van der Waals surface area contributed by atoms with Crippen molar-refractivity contribution >= 4 is 34.9 Å². The molecule has 15 heteroatoms. The predicted molar refractivity (Wildman–Crippen MR) is 175 cm³/mol. The molecule has 1 N–H and O–H groups in total. The van der Waals surface area contributed by atoms with Crippen molar-refractivity contribution in [2.75, 3.05) is 51.6 Å². The standard InChI is InChI=1S/C32H39F2N9O3S/c1-21(2)47-23-5-6-27(46-32(33)34)24(17-23)29-26(37-31(45)25-18-36-43-10-4-9-35-30(25)43)19-42(38-29)20-28(44)41-11-7-22(8-12-41)40-15-13-39(3)14-16-40/h4-6,9-10,17-19,21-22,32H,7-8,11-16,20H2,1-3H3,(H,37,45). The third-order valence-electron chi connectivity index (χ3n) is 8.50. The van der Waals surface area contributed by atoms with E-state index in [1.807, 2.05) is 18.7 Å². The second-order valence-corrected chi connectivity index (χ2v) is 13.8. The van der Waals surface area contributed by atoms with Crippen LogP contribution in [0.3, 0.4) is 0 Å². The molecule has 2 aliphatic rings. The van der Waals surface area contributed by atoms with Gasteiger partial charge in [0.25, 0.3) is 5.91 Å². The van der Waals surface area contributed by atoms with Gasteiger partial charge in [0.05, 0.1) is 11.9 Å². The van der Waals surface area contributed by atoms with Gasteiger partial charge in [0, 0.05) is 79.6 Å². The molecule has 12 nitrogen and oxygen atoms in total. The van der Waals surface area contributed by atoms with Crippen molar-refractivity contribution in [3.8, 4) is 17.0 Å². The number of anilines is 1. The number of thioether (sulfide) groups is 1. The summed E-state index contributed by atoms with van der Waals surface area (Å²) in [6, 6.07) is 7.06. The minimum atomic E-state index is -3.07. The van der Waals surface area contributed by atoms with Gasteiger partial charge in [-0.3, -0.25) is 19.2 Å². The van der Waals surface area contributed by atoms with Crippen LogP contribution in [0.15, 0.2) is 53.9 Å². The molecule has 2 amide bonds. The highest BCUT2D eigenvalue weighted by Crippen LogP contribution is 2.39. The van der Waals surface area contributed by atoms with Crippen LogP contribution in [0.25, 0.3) is 16.9 Å².